The molecule has 0 radical (unpaired) electrons. The molecule has 0 spiro atoms. The summed E-state index contributed by atoms with van der Waals surface area (Å²) >= 11 is 0. The van der Waals surface area contributed by atoms with E-state index < -0.39 is 0 Å². The average Bonchev–Trinajstić information content (AvgIpc) is 2.79. The summed E-state index contributed by atoms with van der Waals surface area (Å²) in [5.41, 5.74) is 3.89. The molecule has 0 bridgehead atoms. The summed E-state index contributed by atoms with van der Waals surface area (Å²) in [6, 6.07) is 19.1. The van der Waals surface area contributed by atoms with Crippen molar-refractivity contribution in [3.8, 4) is 11.5 Å². The highest BCUT2D eigenvalue weighted by molar-refractivity contribution is 6.03. The lowest BCUT2D eigenvalue weighted by Gasteiger charge is -2.10. The van der Waals surface area contributed by atoms with Gasteiger partial charge < -0.3 is 9.47 Å². The van der Waals surface area contributed by atoms with E-state index in [0.29, 0.717) is 23.7 Å². The molecule has 3 aromatic rings. The number of carbonyl (C=O) groups is 1. The molecule has 0 atom stereocenters. The smallest absolute Gasteiger partial charge is 0.275 e. The Hall–Kier alpha value is -3.34. The van der Waals surface area contributed by atoms with Crippen molar-refractivity contribution in [2.45, 2.75) is 32.6 Å². The van der Waals surface area contributed by atoms with Crippen molar-refractivity contribution in [3.63, 3.8) is 0 Å². The number of hydrogen-bond acceptors (Lipinski definition) is 4. The first kappa shape index (κ1) is 21.4. The fraction of sp³-hybridized carbons (Fsp3) is 0.280. The van der Waals surface area contributed by atoms with Crippen LogP contribution in [-0.2, 0) is 0 Å². The third-order valence-electron chi connectivity index (χ3n) is 4.90. The molecular weight excluding hydrogens is 376 g/mol. The summed E-state index contributed by atoms with van der Waals surface area (Å²) < 4.78 is 11.3. The van der Waals surface area contributed by atoms with Crippen LogP contribution in [0, 0.1) is 0 Å². The van der Waals surface area contributed by atoms with Gasteiger partial charge in [-0.05, 0) is 35.4 Å². The van der Waals surface area contributed by atoms with Crippen LogP contribution in [0.4, 0.5) is 0 Å². The zero-order valence-corrected chi connectivity index (χ0v) is 17.6. The van der Waals surface area contributed by atoms with Gasteiger partial charge in [-0.25, -0.2) is 5.43 Å². The van der Waals surface area contributed by atoms with E-state index in [1.807, 2.05) is 54.6 Å². The second kappa shape index (κ2) is 11.0. The Labute approximate surface area is 177 Å². The van der Waals surface area contributed by atoms with E-state index in [1.54, 1.807) is 19.4 Å². The fourth-order valence-electron chi connectivity index (χ4n) is 3.29. The van der Waals surface area contributed by atoms with Gasteiger partial charge in [0.1, 0.15) is 11.5 Å². The Morgan fingerprint density at radius 1 is 0.967 bits per heavy atom. The highest BCUT2D eigenvalue weighted by Crippen LogP contribution is 2.26. The van der Waals surface area contributed by atoms with Crippen molar-refractivity contribution in [1.82, 2.24) is 5.43 Å². The number of fused-ring (bicyclic) bond motifs is 1. The third-order valence-corrected chi connectivity index (χ3v) is 4.90. The van der Waals surface area contributed by atoms with Crippen molar-refractivity contribution >= 4 is 22.9 Å². The first-order valence-corrected chi connectivity index (χ1v) is 10.4. The van der Waals surface area contributed by atoms with Crippen LogP contribution in [0.1, 0.15) is 48.5 Å². The summed E-state index contributed by atoms with van der Waals surface area (Å²) in [6.45, 7) is 2.77. The summed E-state index contributed by atoms with van der Waals surface area (Å²) in [7, 11) is 1.62. The van der Waals surface area contributed by atoms with E-state index >= 15 is 0 Å². The van der Waals surface area contributed by atoms with Gasteiger partial charge in [-0.3, -0.25) is 4.79 Å². The molecule has 3 rings (SSSR count). The van der Waals surface area contributed by atoms with E-state index in [4.69, 9.17) is 9.47 Å². The Morgan fingerprint density at radius 3 is 2.60 bits per heavy atom. The number of methoxy groups -OCH3 is 1. The monoisotopic (exact) mass is 404 g/mol. The SMILES string of the molecule is CCCCCCOc1ccccc1C(=O)N/N=C\c1c(OC)ccc2ccccc12. The molecule has 1 N–H and O–H groups in total. The molecular formula is C25H28N2O3. The number of carbonyl (C=O) groups excluding carboxylic acids is 1. The maximum atomic E-state index is 12.7. The minimum atomic E-state index is -0.311. The molecule has 0 saturated carbocycles. The molecule has 0 saturated heterocycles. The van der Waals surface area contributed by atoms with Crippen LogP contribution in [0.5, 0.6) is 11.5 Å². The molecule has 0 heterocycles. The largest absolute Gasteiger partial charge is 0.496 e. The van der Waals surface area contributed by atoms with Crippen molar-refractivity contribution in [2.75, 3.05) is 13.7 Å². The van der Waals surface area contributed by atoms with Crippen molar-refractivity contribution in [2.24, 2.45) is 5.10 Å². The number of nitrogens with zero attached hydrogens (tertiary/aromatic N) is 1. The first-order chi connectivity index (χ1) is 14.7. The number of ether oxygens (including phenoxy) is 2. The van der Waals surface area contributed by atoms with Gasteiger partial charge in [0.05, 0.1) is 25.5 Å². The van der Waals surface area contributed by atoms with E-state index in [2.05, 4.69) is 17.5 Å². The lowest BCUT2D eigenvalue weighted by atomic mass is 10.0. The highest BCUT2D eigenvalue weighted by atomic mass is 16.5. The van der Waals surface area contributed by atoms with Crippen LogP contribution in [-0.4, -0.2) is 25.8 Å². The number of rotatable bonds is 10. The molecule has 0 unspecified atom stereocenters. The van der Waals surface area contributed by atoms with E-state index in [-0.39, 0.29) is 5.91 Å². The molecule has 5 nitrogen and oxygen atoms in total. The average molecular weight is 405 g/mol. The van der Waals surface area contributed by atoms with Crippen molar-refractivity contribution in [3.05, 3.63) is 71.8 Å². The lowest BCUT2D eigenvalue weighted by molar-refractivity contribution is 0.0951. The van der Waals surface area contributed by atoms with Gasteiger partial charge in [-0.15, -0.1) is 0 Å². The Balaban J connectivity index is 1.71. The van der Waals surface area contributed by atoms with Gasteiger partial charge in [-0.1, -0.05) is 68.7 Å². The topological polar surface area (TPSA) is 59.9 Å². The lowest BCUT2D eigenvalue weighted by Crippen LogP contribution is -2.19. The van der Waals surface area contributed by atoms with Gasteiger partial charge in [0, 0.05) is 5.56 Å². The van der Waals surface area contributed by atoms with Gasteiger partial charge in [0.2, 0.25) is 0 Å². The van der Waals surface area contributed by atoms with Crippen LogP contribution in [0.2, 0.25) is 0 Å². The minimum Gasteiger partial charge on any atom is -0.496 e. The highest BCUT2D eigenvalue weighted by Gasteiger charge is 2.12. The number of hydrazone groups is 1. The predicted octanol–water partition coefficient (Wildman–Crippen LogP) is 5.57. The second-order valence-electron chi connectivity index (χ2n) is 7.01. The van der Waals surface area contributed by atoms with E-state index in [9.17, 15) is 4.79 Å². The fourth-order valence-corrected chi connectivity index (χ4v) is 3.29. The minimum absolute atomic E-state index is 0.311. The molecule has 0 fully saturated rings. The van der Waals surface area contributed by atoms with Crippen LogP contribution in [0.25, 0.3) is 10.8 Å². The van der Waals surface area contributed by atoms with Crippen LogP contribution < -0.4 is 14.9 Å². The summed E-state index contributed by atoms with van der Waals surface area (Å²) in [4.78, 5) is 12.7. The van der Waals surface area contributed by atoms with Gasteiger partial charge in [0.25, 0.3) is 5.91 Å². The molecule has 0 aromatic heterocycles. The zero-order valence-electron chi connectivity index (χ0n) is 17.6. The van der Waals surface area contributed by atoms with Crippen molar-refractivity contribution < 1.29 is 14.3 Å². The van der Waals surface area contributed by atoms with Gasteiger partial charge in [-0.2, -0.15) is 5.10 Å². The van der Waals surface area contributed by atoms with Gasteiger partial charge >= 0.3 is 0 Å². The zero-order chi connectivity index (χ0) is 21.2. The molecule has 30 heavy (non-hydrogen) atoms. The summed E-state index contributed by atoms with van der Waals surface area (Å²) in [5, 5.41) is 6.26. The quantitative estimate of drug-likeness (QED) is 0.273. The molecule has 3 aromatic carbocycles. The van der Waals surface area contributed by atoms with Crippen molar-refractivity contribution in [1.29, 1.82) is 0 Å². The number of amides is 1. The molecule has 1 amide bonds. The summed E-state index contributed by atoms with van der Waals surface area (Å²) in [6.07, 6.45) is 6.09. The molecule has 156 valence electrons. The number of benzene rings is 3. The standard InChI is InChI=1S/C25H28N2O3/c1-3-4-5-10-17-30-24-14-9-8-13-21(24)25(28)27-26-18-22-20-12-7-6-11-19(20)15-16-23(22)29-2/h6-9,11-16,18H,3-5,10,17H2,1-2H3,(H,27,28)/b26-18-. The molecule has 0 aliphatic carbocycles. The maximum absolute atomic E-state index is 12.7. The number of hydrogen-bond donors (Lipinski definition) is 1. The molecule has 5 heteroatoms. The Morgan fingerprint density at radius 2 is 1.77 bits per heavy atom. The molecule has 0 aliphatic heterocycles. The van der Waals surface area contributed by atoms with Crippen LogP contribution >= 0.6 is 0 Å². The Bertz CT molecular complexity index is 1010. The van der Waals surface area contributed by atoms with E-state index in [0.717, 1.165) is 29.2 Å². The summed E-state index contributed by atoms with van der Waals surface area (Å²) in [5.74, 6) is 0.960. The second-order valence-corrected chi connectivity index (χ2v) is 7.01. The maximum Gasteiger partial charge on any atom is 0.275 e. The Kier molecular flexibility index (Phi) is 7.84. The number of para-hydroxylation sites is 1. The molecule has 0 aliphatic rings. The number of nitrogens with one attached hydrogen (secondary N) is 1. The third kappa shape index (κ3) is 5.38. The van der Waals surface area contributed by atoms with Crippen LogP contribution in [0.3, 0.4) is 0 Å². The van der Waals surface area contributed by atoms with Gasteiger partial charge in [0.15, 0.2) is 0 Å². The van der Waals surface area contributed by atoms with E-state index in [1.165, 1.54) is 12.8 Å². The van der Waals surface area contributed by atoms with Crippen LogP contribution in [0.15, 0.2) is 65.8 Å². The first-order valence-electron chi connectivity index (χ1n) is 10.4. The predicted molar refractivity (Wildman–Crippen MR) is 122 cm³/mol. The normalized spacial score (nSPS) is 11.0. The number of unbranched alkanes of at least 4 members (excludes halogenated alkanes) is 3.